The summed E-state index contributed by atoms with van der Waals surface area (Å²) in [6.07, 6.45) is 0.280. The van der Waals surface area contributed by atoms with E-state index >= 15 is 0 Å². The van der Waals surface area contributed by atoms with Gasteiger partial charge >= 0.3 is 4.87 Å². The summed E-state index contributed by atoms with van der Waals surface area (Å²) in [6, 6.07) is 7.83. The van der Waals surface area contributed by atoms with Crippen LogP contribution in [0.1, 0.15) is 12.1 Å². The second-order valence-corrected chi connectivity index (χ2v) is 6.56. The van der Waals surface area contributed by atoms with Gasteiger partial charge in [-0.25, -0.2) is 0 Å². The molecule has 1 saturated heterocycles. The van der Waals surface area contributed by atoms with Gasteiger partial charge in [0.05, 0.1) is 13.2 Å². The number of amides is 1. The minimum absolute atomic E-state index is 0.0184. The third-order valence-corrected chi connectivity index (χ3v) is 4.95. The number of benzene rings is 1. The number of hydrogen-bond acceptors (Lipinski definition) is 5. The van der Waals surface area contributed by atoms with Crippen LogP contribution in [0.25, 0.3) is 0 Å². The molecule has 1 aliphatic heterocycles. The normalized spacial score (nSPS) is 14.6. The Morgan fingerprint density at radius 2 is 1.96 bits per heavy atom. The molecule has 1 N–H and O–H groups in total. The maximum atomic E-state index is 12.1. The van der Waals surface area contributed by atoms with Gasteiger partial charge in [0.1, 0.15) is 0 Å². The number of nitrogens with zero attached hydrogens (tertiary/aromatic N) is 2. The van der Waals surface area contributed by atoms with Gasteiger partial charge in [-0.2, -0.15) is 0 Å². The van der Waals surface area contributed by atoms with Crippen LogP contribution in [0.15, 0.2) is 34.4 Å². The summed E-state index contributed by atoms with van der Waals surface area (Å²) in [4.78, 5) is 25.9. The molecule has 0 radical (unpaired) electrons. The molecular formula is C17H21N3O3S. The number of rotatable bonds is 5. The lowest BCUT2D eigenvalue weighted by Crippen LogP contribution is -2.36. The van der Waals surface area contributed by atoms with Crippen LogP contribution in [0.3, 0.4) is 0 Å². The van der Waals surface area contributed by atoms with Crippen molar-refractivity contribution in [3.63, 3.8) is 0 Å². The number of hydrogen-bond donors (Lipinski definition) is 1. The summed E-state index contributed by atoms with van der Waals surface area (Å²) in [5.74, 6) is -0.0911. The minimum atomic E-state index is -0.0911. The van der Waals surface area contributed by atoms with Crippen LogP contribution in [0.4, 0.5) is 11.4 Å². The van der Waals surface area contributed by atoms with E-state index in [0.29, 0.717) is 6.54 Å². The summed E-state index contributed by atoms with van der Waals surface area (Å²) in [5.41, 5.74) is 2.80. The Balaban J connectivity index is 1.53. The first-order chi connectivity index (χ1) is 11.6. The van der Waals surface area contributed by atoms with Crippen LogP contribution in [-0.4, -0.2) is 36.8 Å². The van der Waals surface area contributed by atoms with Crippen molar-refractivity contribution < 1.29 is 9.53 Å². The molecule has 0 atom stereocenters. The predicted molar refractivity (Wildman–Crippen MR) is 96.0 cm³/mol. The van der Waals surface area contributed by atoms with E-state index in [1.54, 1.807) is 4.57 Å². The lowest BCUT2D eigenvalue weighted by Gasteiger charge is -2.28. The SMILES string of the molecule is Cc1csc(=O)n1CCC(=O)Nc1ccc(N2CCOCC2)cc1. The largest absolute Gasteiger partial charge is 0.378 e. The molecule has 1 fully saturated rings. The first-order valence-electron chi connectivity index (χ1n) is 8.01. The summed E-state index contributed by atoms with van der Waals surface area (Å²) in [6.45, 7) is 5.56. The molecule has 0 saturated carbocycles. The van der Waals surface area contributed by atoms with Crippen LogP contribution in [0, 0.1) is 6.92 Å². The molecule has 0 unspecified atom stereocenters. The first kappa shape index (κ1) is 16.7. The van der Waals surface area contributed by atoms with Crippen LogP contribution in [0.2, 0.25) is 0 Å². The summed E-state index contributed by atoms with van der Waals surface area (Å²) in [7, 11) is 0. The monoisotopic (exact) mass is 347 g/mol. The van der Waals surface area contributed by atoms with Crippen LogP contribution in [0.5, 0.6) is 0 Å². The predicted octanol–water partition coefficient (Wildman–Crippen LogP) is 2.08. The quantitative estimate of drug-likeness (QED) is 0.899. The second kappa shape index (κ2) is 7.63. The molecule has 2 heterocycles. The zero-order chi connectivity index (χ0) is 16.9. The maximum absolute atomic E-state index is 12.1. The lowest BCUT2D eigenvalue weighted by atomic mass is 10.2. The van der Waals surface area contributed by atoms with Crippen molar-refractivity contribution in [3.8, 4) is 0 Å². The van der Waals surface area contributed by atoms with Crippen molar-refractivity contribution in [3.05, 3.63) is 45.0 Å². The molecule has 2 aromatic rings. The van der Waals surface area contributed by atoms with Gasteiger partial charge in [0.15, 0.2) is 0 Å². The van der Waals surface area contributed by atoms with E-state index in [9.17, 15) is 9.59 Å². The van der Waals surface area contributed by atoms with Crippen molar-refractivity contribution in [2.24, 2.45) is 0 Å². The van der Waals surface area contributed by atoms with Crippen LogP contribution in [-0.2, 0) is 16.1 Å². The standard InChI is InChI=1S/C17H21N3O3S/c1-13-12-24-17(22)20(13)7-6-16(21)18-14-2-4-15(5-3-14)19-8-10-23-11-9-19/h2-5,12H,6-11H2,1H3,(H,18,21). The van der Waals surface area contributed by atoms with Crippen LogP contribution >= 0.6 is 11.3 Å². The molecule has 0 aliphatic carbocycles. The van der Waals surface area contributed by atoms with Crippen LogP contribution < -0.4 is 15.1 Å². The molecule has 3 rings (SSSR count). The molecule has 24 heavy (non-hydrogen) atoms. The zero-order valence-electron chi connectivity index (χ0n) is 13.7. The minimum Gasteiger partial charge on any atom is -0.378 e. The Labute approximate surface area is 144 Å². The van der Waals surface area contributed by atoms with Gasteiger partial charge in [-0.05, 0) is 31.2 Å². The Kier molecular flexibility index (Phi) is 5.32. The zero-order valence-corrected chi connectivity index (χ0v) is 14.5. The fourth-order valence-electron chi connectivity index (χ4n) is 2.69. The molecular weight excluding hydrogens is 326 g/mol. The molecule has 6 nitrogen and oxygen atoms in total. The number of nitrogens with one attached hydrogen (secondary N) is 1. The Bertz CT molecular complexity index is 745. The summed E-state index contributed by atoms with van der Waals surface area (Å²) < 4.78 is 6.98. The highest BCUT2D eigenvalue weighted by Crippen LogP contribution is 2.19. The van der Waals surface area contributed by atoms with E-state index < -0.39 is 0 Å². The number of ether oxygens (including phenoxy) is 1. The molecule has 7 heteroatoms. The highest BCUT2D eigenvalue weighted by molar-refractivity contribution is 7.07. The summed E-state index contributed by atoms with van der Waals surface area (Å²) in [5, 5.41) is 4.69. The van der Waals surface area contributed by atoms with Crippen molar-refractivity contribution >= 4 is 28.6 Å². The number of aromatic nitrogens is 1. The molecule has 0 spiro atoms. The fraction of sp³-hybridized carbons (Fsp3) is 0.412. The van der Waals surface area contributed by atoms with E-state index in [-0.39, 0.29) is 17.2 Å². The van der Waals surface area contributed by atoms with Gasteiger partial charge in [-0.1, -0.05) is 11.3 Å². The molecule has 1 amide bonds. The Morgan fingerprint density at radius 1 is 1.25 bits per heavy atom. The smallest absolute Gasteiger partial charge is 0.307 e. The van der Waals surface area contributed by atoms with Crippen molar-refractivity contribution in [2.75, 3.05) is 36.5 Å². The van der Waals surface area contributed by atoms with Gasteiger partial charge in [0, 0.05) is 48.5 Å². The topological polar surface area (TPSA) is 63.6 Å². The lowest BCUT2D eigenvalue weighted by molar-refractivity contribution is -0.116. The molecule has 1 aliphatic rings. The average Bonchev–Trinajstić information content (AvgIpc) is 2.93. The van der Waals surface area contributed by atoms with E-state index in [2.05, 4.69) is 10.2 Å². The molecule has 128 valence electrons. The second-order valence-electron chi connectivity index (χ2n) is 5.74. The van der Waals surface area contributed by atoms with Gasteiger partial charge in [0.2, 0.25) is 5.91 Å². The van der Waals surface area contributed by atoms with Gasteiger partial charge in [-0.3, -0.25) is 9.59 Å². The number of carbonyl (C=O) groups excluding carboxylic acids is 1. The van der Waals surface area contributed by atoms with Crippen molar-refractivity contribution in [1.29, 1.82) is 0 Å². The maximum Gasteiger partial charge on any atom is 0.307 e. The van der Waals surface area contributed by atoms with Crippen molar-refractivity contribution in [1.82, 2.24) is 4.57 Å². The van der Waals surface area contributed by atoms with Gasteiger partial charge < -0.3 is 19.5 Å². The fourth-order valence-corrected chi connectivity index (χ4v) is 3.45. The Morgan fingerprint density at radius 3 is 2.58 bits per heavy atom. The highest BCUT2D eigenvalue weighted by Gasteiger charge is 2.11. The van der Waals surface area contributed by atoms with E-state index in [1.165, 1.54) is 0 Å². The molecule has 1 aromatic carbocycles. The number of morpholine rings is 1. The van der Waals surface area contributed by atoms with Gasteiger partial charge in [0.25, 0.3) is 0 Å². The molecule has 1 aromatic heterocycles. The van der Waals surface area contributed by atoms with E-state index in [1.807, 2.05) is 36.6 Å². The van der Waals surface area contributed by atoms with E-state index in [0.717, 1.165) is 54.7 Å². The van der Waals surface area contributed by atoms with E-state index in [4.69, 9.17) is 4.74 Å². The Hall–Kier alpha value is -2.12. The number of thiazole rings is 1. The highest BCUT2D eigenvalue weighted by atomic mass is 32.1. The third-order valence-electron chi connectivity index (χ3n) is 4.07. The number of anilines is 2. The molecule has 0 bridgehead atoms. The average molecular weight is 347 g/mol. The number of carbonyl (C=O) groups is 1. The first-order valence-corrected chi connectivity index (χ1v) is 8.89. The third kappa shape index (κ3) is 4.04. The number of aryl methyl sites for hydroxylation is 1. The van der Waals surface area contributed by atoms with Gasteiger partial charge in [-0.15, -0.1) is 0 Å². The summed E-state index contributed by atoms with van der Waals surface area (Å²) >= 11 is 1.16. The van der Waals surface area contributed by atoms with Crippen molar-refractivity contribution in [2.45, 2.75) is 19.9 Å².